The normalized spacial score (nSPS) is 25.3. The summed E-state index contributed by atoms with van der Waals surface area (Å²) in [4.78, 5) is 10.7. The van der Waals surface area contributed by atoms with E-state index in [1.165, 1.54) is 6.42 Å². The van der Waals surface area contributed by atoms with Crippen molar-refractivity contribution in [2.75, 3.05) is 6.61 Å². The molecule has 0 aromatic heterocycles. The van der Waals surface area contributed by atoms with Gasteiger partial charge in [-0.1, -0.05) is 19.1 Å². The van der Waals surface area contributed by atoms with Gasteiger partial charge in [-0.15, -0.1) is 0 Å². The van der Waals surface area contributed by atoms with Gasteiger partial charge in [0.2, 0.25) is 0 Å². The Bertz CT molecular complexity index is 361. The lowest BCUT2D eigenvalue weighted by atomic mass is 9.95. The highest BCUT2D eigenvalue weighted by Crippen LogP contribution is 2.30. The molecule has 2 atom stereocenters. The summed E-state index contributed by atoms with van der Waals surface area (Å²) in [6.07, 6.45) is 2.33. The number of benzene rings is 1. The summed E-state index contributed by atoms with van der Waals surface area (Å²) in [5.41, 5.74) is 1.41. The Labute approximate surface area is 95.0 Å². The van der Waals surface area contributed by atoms with Gasteiger partial charge in [0.25, 0.3) is 0 Å². The van der Waals surface area contributed by atoms with Crippen LogP contribution < -0.4 is 0 Å². The average molecular weight is 220 g/mol. The third kappa shape index (κ3) is 2.42. The molecule has 1 aliphatic rings. The Morgan fingerprint density at radius 2 is 2.00 bits per heavy atom. The Kier molecular flexibility index (Phi) is 3.25. The van der Waals surface area contributed by atoms with Crippen LogP contribution in [-0.4, -0.2) is 17.7 Å². The summed E-state index contributed by atoms with van der Waals surface area (Å²) >= 11 is 0. The first kappa shape index (κ1) is 11.1. The summed E-state index contributed by atoms with van der Waals surface area (Å²) in [5, 5.41) is 8.79. The van der Waals surface area contributed by atoms with Crippen LogP contribution >= 0.6 is 0 Å². The standard InChI is InChI=1S/C13H16O3/c1-9-2-7-12(16-8-9)10-3-5-11(6-4-10)13(14)15/h3-6,9,12H,2,7-8H2,1H3,(H,14,15). The van der Waals surface area contributed by atoms with E-state index in [0.717, 1.165) is 18.6 Å². The molecule has 1 N–H and O–H groups in total. The van der Waals surface area contributed by atoms with Gasteiger partial charge in [-0.3, -0.25) is 0 Å². The second-order valence-corrected chi connectivity index (χ2v) is 4.43. The molecular formula is C13H16O3. The quantitative estimate of drug-likeness (QED) is 0.833. The Morgan fingerprint density at radius 1 is 1.31 bits per heavy atom. The molecule has 0 radical (unpaired) electrons. The number of carbonyl (C=O) groups is 1. The SMILES string of the molecule is CC1CCC(c2ccc(C(=O)O)cc2)OC1. The summed E-state index contributed by atoms with van der Waals surface area (Å²) in [5.74, 6) is -0.251. The van der Waals surface area contributed by atoms with Gasteiger partial charge in [0.1, 0.15) is 0 Å². The molecule has 2 rings (SSSR count). The minimum Gasteiger partial charge on any atom is -0.478 e. The van der Waals surface area contributed by atoms with Crippen molar-refractivity contribution >= 4 is 5.97 Å². The summed E-state index contributed by atoms with van der Waals surface area (Å²) in [6.45, 7) is 2.98. The second kappa shape index (κ2) is 4.66. The van der Waals surface area contributed by atoms with Gasteiger partial charge in [-0.2, -0.15) is 0 Å². The van der Waals surface area contributed by atoms with Crippen LogP contribution in [0.25, 0.3) is 0 Å². The number of carboxylic acids is 1. The Balaban J connectivity index is 2.07. The summed E-state index contributed by atoms with van der Waals surface area (Å²) in [7, 11) is 0. The van der Waals surface area contributed by atoms with Crippen LogP contribution in [0.3, 0.4) is 0 Å². The van der Waals surface area contributed by atoms with E-state index in [2.05, 4.69) is 6.92 Å². The predicted molar refractivity (Wildman–Crippen MR) is 60.5 cm³/mol. The molecule has 0 saturated carbocycles. The van der Waals surface area contributed by atoms with Crippen molar-refractivity contribution in [2.45, 2.75) is 25.9 Å². The fourth-order valence-corrected chi connectivity index (χ4v) is 1.99. The number of hydrogen-bond acceptors (Lipinski definition) is 2. The van der Waals surface area contributed by atoms with Gasteiger partial charge in [0, 0.05) is 6.61 Å². The molecular weight excluding hydrogens is 204 g/mol. The molecule has 16 heavy (non-hydrogen) atoms. The van der Waals surface area contributed by atoms with Crippen LogP contribution in [0.4, 0.5) is 0 Å². The lowest BCUT2D eigenvalue weighted by Gasteiger charge is -2.27. The Hall–Kier alpha value is -1.35. The van der Waals surface area contributed by atoms with Crippen LogP contribution in [0.5, 0.6) is 0 Å². The maximum atomic E-state index is 10.7. The zero-order valence-electron chi connectivity index (χ0n) is 9.35. The van der Waals surface area contributed by atoms with E-state index in [1.54, 1.807) is 12.1 Å². The van der Waals surface area contributed by atoms with E-state index >= 15 is 0 Å². The average Bonchev–Trinajstić information content (AvgIpc) is 2.30. The number of ether oxygens (including phenoxy) is 1. The van der Waals surface area contributed by atoms with Crippen LogP contribution in [0.1, 0.15) is 41.8 Å². The highest BCUT2D eigenvalue weighted by atomic mass is 16.5. The molecule has 0 bridgehead atoms. The summed E-state index contributed by atoms with van der Waals surface area (Å²) in [6, 6.07) is 6.98. The first-order valence-corrected chi connectivity index (χ1v) is 5.61. The van der Waals surface area contributed by atoms with Gasteiger partial charge in [-0.05, 0) is 36.5 Å². The number of rotatable bonds is 2. The molecule has 3 heteroatoms. The minimum absolute atomic E-state index is 0.138. The molecule has 1 heterocycles. The zero-order valence-corrected chi connectivity index (χ0v) is 9.35. The molecule has 0 spiro atoms. The Morgan fingerprint density at radius 3 is 2.50 bits per heavy atom. The van der Waals surface area contributed by atoms with Gasteiger partial charge < -0.3 is 9.84 Å². The lowest BCUT2D eigenvalue weighted by Crippen LogP contribution is -2.18. The van der Waals surface area contributed by atoms with Crippen LogP contribution in [-0.2, 0) is 4.74 Å². The molecule has 1 fully saturated rings. The van der Waals surface area contributed by atoms with Crippen molar-refractivity contribution in [1.82, 2.24) is 0 Å². The van der Waals surface area contributed by atoms with E-state index in [-0.39, 0.29) is 6.10 Å². The summed E-state index contributed by atoms with van der Waals surface area (Å²) < 4.78 is 5.73. The maximum Gasteiger partial charge on any atom is 0.335 e. The van der Waals surface area contributed by atoms with Gasteiger partial charge in [0.15, 0.2) is 0 Å². The lowest BCUT2D eigenvalue weighted by molar-refractivity contribution is -0.0123. The topological polar surface area (TPSA) is 46.5 Å². The van der Waals surface area contributed by atoms with E-state index in [0.29, 0.717) is 11.5 Å². The zero-order chi connectivity index (χ0) is 11.5. The maximum absolute atomic E-state index is 10.7. The smallest absolute Gasteiger partial charge is 0.335 e. The molecule has 1 aliphatic heterocycles. The van der Waals surface area contributed by atoms with Crippen molar-refractivity contribution in [2.24, 2.45) is 5.92 Å². The molecule has 2 unspecified atom stereocenters. The van der Waals surface area contributed by atoms with Crippen molar-refractivity contribution in [3.8, 4) is 0 Å². The second-order valence-electron chi connectivity index (χ2n) is 4.43. The highest BCUT2D eigenvalue weighted by molar-refractivity contribution is 5.87. The van der Waals surface area contributed by atoms with Crippen LogP contribution in [0.15, 0.2) is 24.3 Å². The number of aromatic carboxylic acids is 1. The molecule has 1 saturated heterocycles. The fraction of sp³-hybridized carbons (Fsp3) is 0.462. The van der Waals surface area contributed by atoms with Crippen LogP contribution in [0, 0.1) is 5.92 Å². The number of carboxylic acid groups (broad SMARTS) is 1. The molecule has 3 nitrogen and oxygen atoms in total. The molecule has 86 valence electrons. The van der Waals surface area contributed by atoms with Gasteiger partial charge in [0.05, 0.1) is 11.7 Å². The monoisotopic (exact) mass is 220 g/mol. The van der Waals surface area contributed by atoms with Crippen LogP contribution in [0.2, 0.25) is 0 Å². The van der Waals surface area contributed by atoms with Crippen molar-refractivity contribution in [1.29, 1.82) is 0 Å². The largest absolute Gasteiger partial charge is 0.478 e. The van der Waals surface area contributed by atoms with Gasteiger partial charge in [-0.25, -0.2) is 4.79 Å². The van der Waals surface area contributed by atoms with Crippen molar-refractivity contribution in [3.63, 3.8) is 0 Å². The first-order valence-electron chi connectivity index (χ1n) is 5.61. The van der Waals surface area contributed by atoms with E-state index in [9.17, 15) is 4.79 Å². The molecule has 1 aromatic carbocycles. The molecule has 0 aliphatic carbocycles. The van der Waals surface area contributed by atoms with E-state index in [4.69, 9.17) is 9.84 Å². The third-order valence-electron chi connectivity index (χ3n) is 3.03. The third-order valence-corrected chi connectivity index (χ3v) is 3.03. The first-order chi connectivity index (χ1) is 7.66. The molecule has 1 aromatic rings. The van der Waals surface area contributed by atoms with Crippen molar-refractivity contribution < 1.29 is 14.6 Å². The minimum atomic E-state index is -0.885. The van der Waals surface area contributed by atoms with Crippen molar-refractivity contribution in [3.05, 3.63) is 35.4 Å². The molecule has 0 amide bonds. The highest BCUT2D eigenvalue weighted by Gasteiger charge is 2.20. The predicted octanol–water partition coefficient (Wildman–Crippen LogP) is 2.87. The number of hydrogen-bond donors (Lipinski definition) is 1. The van der Waals surface area contributed by atoms with E-state index < -0.39 is 5.97 Å². The van der Waals surface area contributed by atoms with Gasteiger partial charge >= 0.3 is 5.97 Å². The fourth-order valence-electron chi connectivity index (χ4n) is 1.99. The van der Waals surface area contributed by atoms with E-state index in [1.807, 2.05) is 12.1 Å².